The molecule has 0 saturated carbocycles. The lowest BCUT2D eigenvalue weighted by molar-refractivity contribution is -0.140. The zero-order valence-corrected chi connectivity index (χ0v) is 8.87. The number of carboxylic acid groups (broad SMARTS) is 1. The molecule has 0 radical (unpaired) electrons. The van der Waals surface area contributed by atoms with Crippen molar-refractivity contribution < 1.29 is 14.7 Å². The number of aliphatic carboxylic acids is 1. The first-order valence-corrected chi connectivity index (χ1v) is 5.23. The minimum atomic E-state index is -0.955. The van der Waals surface area contributed by atoms with E-state index in [2.05, 4.69) is 5.43 Å². The summed E-state index contributed by atoms with van der Waals surface area (Å²) >= 11 is 1.44. The molecule has 6 nitrogen and oxygen atoms in total. The number of hydrogen-bond donors (Lipinski definition) is 2. The Morgan fingerprint density at radius 3 is 2.71 bits per heavy atom. The van der Waals surface area contributed by atoms with E-state index in [0.717, 1.165) is 0 Å². The number of rotatable bonds is 2. The Labute approximate surface area is 86.2 Å². The van der Waals surface area contributed by atoms with Crippen molar-refractivity contribution in [2.24, 2.45) is 0 Å². The van der Waals surface area contributed by atoms with Gasteiger partial charge in [0.05, 0.1) is 5.88 Å². The molecule has 1 rings (SSSR count). The van der Waals surface area contributed by atoms with Crippen LogP contribution in [0.2, 0.25) is 0 Å². The molecule has 0 aromatic rings. The first-order valence-electron chi connectivity index (χ1n) is 4.07. The Hall–Kier alpha value is -0.950. The van der Waals surface area contributed by atoms with Gasteiger partial charge in [0.2, 0.25) is 0 Å². The van der Waals surface area contributed by atoms with Crippen LogP contribution in [-0.4, -0.2) is 58.8 Å². The van der Waals surface area contributed by atoms with E-state index in [-0.39, 0.29) is 6.03 Å². The Balaban J connectivity index is 2.58. The Kier molecular flexibility index (Phi) is 3.59. The molecule has 0 aromatic heterocycles. The van der Waals surface area contributed by atoms with E-state index in [1.165, 1.54) is 21.7 Å². The largest absolute Gasteiger partial charge is 0.480 e. The summed E-state index contributed by atoms with van der Waals surface area (Å²) in [6, 6.07) is -1.08. The summed E-state index contributed by atoms with van der Waals surface area (Å²) in [5, 5.41) is 10.3. The zero-order valence-electron chi connectivity index (χ0n) is 8.06. The van der Waals surface area contributed by atoms with Crippen LogP contribution in [0.3, 0.4) is 0 Å². The third kappa shape index (κ3) is 2.52. The molecule has 0 aromatic carbocycles. The van der Waals surface area contributed by atoms with Crippen LogP contribution in [0.5, 0.6) is 0 Å². The van der Waals surface area contributed by atoms with Crippen LogP contribution < -0.4 is 5.43 Å². The minimum Gasteiger partial charge on any atom is -0.480 e. The first kappa shape index (κ1) is 11.1. The molecule has 1 unspecified atom stereocenters. The van der Waals surface area contributed by atoms with Crippen LogP contribution >= 0.6 is 11.8 Å². The molecule has 0 bridgehead atoms. The third-order valence-electron chi connectivity index (χ3n) is 1.75. The average Bonchev–Trinajstić information content (AvgIpc) is 2.49. The summed E-state index contributed by atoms with van der Waals surface area (Å²) in [7, 11) is 3.35. The van der Waals surface area contributed by atoms with Crippen molar-refractivity contribution in [3.63, 3.8) is 0 Å². The zero-order chi connectivity index (χ0) is 10.7. The van der Waals surface area contributed by atoms with Gasteiger partial charge in [0, 0.05) is 19.8 Å². The number of carboxylic acids is 1. The summed E-state index contributed by atoms with van der Waals surface area (Å²) < 4.78 is 0. The summed E-state index contributed by atoms with van der Waals surface area (Å²) in [6.07, 6.45) is 0. The van der Waals surface area contributed by atoms with E-state index in [1.54, 1.807) is 14.1 Å². The van der Waals surface area contributed by atoms with Crippen molar-refractivity contribution in [3.8, 4) is 0 Å². The number of thioether (sulfide) groups is 1. The normalized spacial score (nSPS) is 21.4. The highest BCUT2D eigenvalue weighted by Crippen LogP contribution is 2.20. The monoisotopic (exact) mass is 219 g/mol. The average molecular weight is 219 g/mol. The van der Waals surface area contributed by atoms with Crippen molar-refractivity contribution >= 4 is 23.8 Å². The number of hydrogen-bond acceptors (Lipinski definition) is 4. The van der Waals surface area contributed by atoms with E-state index in [4.69, 9.17) is 5.11 Å². The molecule has 14 heavy (non-hydrogen) atoms. The summed E-state index contributed by atoms with van der Waals surface area (Å²) in [4.78, 5) is 23.5. The summed E-state index contributed by atoms with van der Waals surface area (Å²) in [6.45, 7) is 0. The Bertz CT molecular complexity index is 246. The van der Waals surface area contributed by atoms with Crippen LogP contribution in [0.4, 0.5) is 4.79 Å². The van der Waals surface area contributed by atoms with Crippen LogP contribution in [0.15, 0.2) is 0 Å². The number of nitrogens with one attached hydrogen (secondary N) is 1. The molecule has 1 aliphatic rings. The van der Waals surface area contributed by atoms with E-state index in [1.807, 2.05) is 0 Å². The van der Waals surface area contributed by atoms with Gasteiger partial charge in [-0.1, -0.05) is 0 Å². The summed E-state index contributed by atoms with van der Waals surface area (Å²) in [5.74, 6) is -0.0729. The minimum absolute atomic E-state index is 0.368. The van der Waals surface area contributed by atoms with Crippen molar-refractivity contribution in [2.45, 2.75) is 6.04 Å². The van der Waals surface area contributed by atoms with Crippen molar-refractivity contribution in [1.29, 1.82) is 0 Å². The van der Waals surface area contributed by atoms with Crippen LogP contribution in [0, 0.1) is 0 Å². The maximum Gasteiger partial charge on any atom is 0.333 e. The van der Waals surface area contributed by atoms with Gasteiger partial charge in [0.1, 0.15) is 6.04 Å². The highest BCUT2D eigenvalue weighted by atomic mass is 32.2. The van der Waals surface area contributed by atoms with Crippen LogP contribution in [0.1, 0.15) is 0 Å². The molecule has 1 atom stereocenters. The lowest BCUT2D eigenvalue weighted by Crippen LogP contribution is -2.50. The predicted molar refractivity (Wildman–Crippen MR) is 52.8 cm³/mol. The molecule has 0 aliphatic carbocycles. The number of carbonyl (C=O) groups excluding carboxylic acids is 1. The number of amides is 2. The van der Waals surface area contributed by atoms with E-state index < -0.39 is 12.0 Å². The quantitative estimate of drug-likeness (QED) is 0.620. The standard InChI is InChI=1S/C7H13N3O3S/c1-9(2)8-7(13)10-4-14-3-5(10)6(11)12/h5H,3-4H2,1-2H3,(H,8,13)(H,11,12). The van der Waals surface area contributed by atoms with E-state index in [0.29, 0.717) is 11.6 Å². The molecular formula is C7H13N3O3S. The number of hydrazine groups is 1. The van der Waals surface area contributed by atoms with Gasteiger partial charge in [-0.2, -0.15) is 0 Å². The first-order chi connectivity index (χ1) is 6.52. The third-order valence-corrected chi connectivity index (χ3v) is 2.76. The SMILES string of the molecule is CN(C)NC(=O)N1CSCC1C(=O)O. The molecule has 1 aliphatic heterocycles. The second-order valence-corrected chi connectivity index (χ2v) is 4.13. The van der Waals surface area contributed by atoms with Gasteiger partial charge >= 0.3 is 12.0 Å². The highest BCUT2D eigenvalue weighted by molar-refractivity contribution is 7.99. The van der Waals surface area contributed by atoms with E-state index >= 15 is 0 Å². The van der Waals surface area contributed by atoms with Crippen LogP contribution in [-0.2, 0) is 4.79 Å². The maximum atomic E-state index is 11.5. The fourth-order valence-corrected chi connectivity index (χ4v) is 2.25. The molecule has 7 heteroatoms. The maximum absolute atomic E-state index is 11.5. The summed E-state index contributed by atoms with van der Waals surface area (Å²) in [5.41, 5.74) is 2.51. The van der Waals surface area contributed by atoms with E-state index in [9.17, 15) is 9.59 Å². The molecule has 2 amide bonds. The van der Waals surface area contributed by atoms with Gasteiger partial charge in [0.15, 0.2) is 0 Å². The molecule has 1 heterocycles. The highest BCUT2D eigenvalue weighted by Gasteiger charge is 2.34. The smallest absolute Gasteiger partial charge is 0.333 e. The van der Waals surface area contributed by atoms with Gasteiger partial charge in [0.25, 0.3) is 0 Å². The van der Waals surface area contributed by atoms with Gasteiger partial charge in [-0.25, -0.2) is 14.6 Å². The molecule has 80 valence electrons. The number of nitrogens with zero attached hydrogens (tertiary/aromatic N) is 2. The van der Waals surface area contributed by atoms with Crippen molar-refractivity contribution in [3.05, 3.63) is 0 Å². The fourth-order valence-electron chi connectivity index (χ4n) is 1.10. The fraction of sp³-hybridized carbons (Fsp3) is 0.714. The Morgan fingerprint density at radius 2 is 2.21 bits per heavy atom. The number of carbonyl (C=O) groups is 2. The van der Waals surface area contributed by atoms with Crippen molar-refractivity contribution in [1.82, 2.24) is 15.3 Å². The molecule has 1 saturated heterocycles. The topological polar surface area (TPSA) is 72.9 Å². The van der Waals surface area contributed by atoms with Gasteiger partial charge in [-0.3, -0.25) is 10.3 Å². The van der Waals surface area contributed by atoms with Gasteiger partial charge in [-0.05, 0) is 0 Å². The van der Waals surface area contributed by atoms with Gasteiger partial charge < -0.3 is 5.11 Å². The second-order valence-electron chi connectivity index (χ2n) is 3.14. The second kappa shape index (κ2) is 4.52. The lowest BCUT2D eigenvalue weighted by Gasteiger charge is -2.23. The molecular weight excluding hydrogens is 206 g/mol. The predicted octanol–water partition coefficient (Wildman–Crippen LogP) is -0.368. The molecule has 0 spiro atoms. The lowest BCUT2D eigenvalue weighted by atomic mass is 10.3. The number of urea groups is 1. The van der Waals surface area contributed by atoms with Crippen LogP contribution in [0.25, 0.3) is 0 Å². The molecule has 2 N–H and O–H groups in total. The van der Waals surface area contributed by atoms with Gasteiger partial charge in [-0.15, -0.1) is 11.8 Å². The van der Waals surface area contributed by atoms with Crippen molar-refractivity contribution in [2.75, 3.05) is 25.7 Å². The Morgan fingerprint density at radius 1 is 1.57 bits per heavy atom. The molecule has 1 fully saturated rings.